The highest BCUT2D eigenvalue weighted by molar-refractivity contribution is 5.84. The van der Waals surface area contributed by atoms with Crippen molar-refractivity contribution in [3.63, 3.8) is 0 Å². The van der Waals surface area contributed by atoms with Crippen molar-refractivity contribution >= 4 is 5.91 Å². The van der Waals surface area contributed by atoms with E-state index in [9.17, 15) is 4.79 Å². The van der Waals surface area contributed by atoms with E-state index >= 15 is 0 Å². The fraction of sp³-hybridized carbons (Fsp3) is 0.562. The molecule has 0 aliphatic carbocycles. The minimum absolute atomic E-state index is 0.347. The van der Waals surface area contributed by atoms with Gasteiger partial charge in [0.05, 0.1) is 12.1 Å². The number of rotatable bonds is 7. The van der Waals surface area contributed by atoms with Crippen molar-refractivity contribution in [1.29, 1.82) is 0 Å². The minimum atomic E-state index is -0.721. The Hall–Kier alpha value is -1.55. The molecule has 4 heteroatoms. The first kappa shape index (κ1) is 16.5. The zero-order chi connectivity index (χ0) is 15.3. The number of primary amides is 1. The van der Waals surface area contributed by atoms with Gasteiger partial charge >= 0.3 is 0 Å². The third-order valence-corrected chi connectivity index (χ3v) is 3.73. The number of hydrogen-bond donors (Lipinski definition) is 2. The Labute approximate surface area is 121 Å². The summed E-state index contributed by atoms with van der Waals surface area (Å²) in [6, 6.07) is 4.16. The van der Waals surface area contributed by atoms with Gasteiger partial charge in [-0.15, -0.1) is 0 Å². The zero-order valence-corrected chi connectivity index (χ0v) is 13.2. The summed E-state index contributed by atoms with van der Waals surface area (Å²) >= 11 is 0. The van der Waals surface area contributed by atoms with Crippen LogP contribution in [0.25, 0.3) is 0 Å². The molecule has 3 N–H and O–H groups in total. The maximum Gasteiger partial charge on any atom is 0.237 e. The zero-order valence-electron chi connectivity index (χ0n) is 13.2. The van der Waals surface area contributed by atoms with Gasteiger partial charge in [-0.1, -0.05) is 13.0 Å². The third kappa shape index (κ3) is 3.97. The van der Waals surface area contributed by atoms with E-state index in [0.29, 0.717) is 19.6 Å². The van der Waals surface area contributed by atoms with Crippen LogP contribution in [0, 0.1) is 20.8 Å². The summed E-state index contributed by atoms with van der Waals surface area (Å²) in [4.78, 5) is 11.5. The number of aryl methyl sites for hydroxylation is 2. The summed E-state index contributed by atoms with van der Waals surface area (Å²) < 4.78 is 5.84. The highest BCUT2D eigenvalue weighted by Gasteiger charge is 2.29. The van der Waals surface area contributed by atoms with Gasteiger partial charge in [-0.2, -0.15) is 0 Å². The summed E-state index contributed by atoms with van der Waals surface area (Å²) in [5.41, 5.74) is 8.26. The summed E-state index contributed by atoms with van der Waals surface area (Å²) in [5, 5.41) is 3.13. The Bertz CT molecular complexity index is 486. The molecule has 0 spiro atoms. The number of benzene rings is 1. The molecular weight excluding hydrogens is 252 g/mol. The van der Waals surface area contributed by atoms with Crippen LogP contribution in [0.1, 0.15) is 37.0 Å². The minimum Gasteiger partial charge on any atom is -0.493 e. The van der Waals surface area contributed by atoms with E-state index < -0.39 is 5.54 Å². The van der Waals surface area contributed by atoms with E-state index in [1.807, 2.05) is 33.8 Å². The van der Waals surface area contributed by atoms with Crippen molar-refractivity contribution < 1.29 is 9.53 Å². The standard InChI is InChI=1S/C16H26N2O2/c1-6-18-16(5,15(17)19)7-8-20-14-10-11(2)9-12(3)13(14)4/h9-10,18H,6-8H2,1-5H3,(H2,17,19). The number of hydrogen-bond acceptors (Lipinski definition) is 3. The Morgan fingerprint density at radius 3 is 2.55 bits per heavy atom. The predicted molar refractivity (Wildman–Crippen MR) is 82.0 cm³/mol. The Balaban J connectivity index is 2.71. The van der Waals surface area contributed by atoms with Gasteiger partial charge in [0.2, 0.25) is 5.91 Å². The summed E-state index contributed by atoms with van der Waals surface area (Å²) in [7, 11) is 0. The van der Waals surface area contributed by atoms with Crippen molar-refractivity contribution in [2.45, 2.75) is 46.6 Å². The van der Waals surface area contributed by atoms with Crippen LogP contribution in [0.3, 0.4) is 0 Å². The number of likely N-dealkylation sites (N-methyl/N-ethyl adjacent to an activating group) is 1. The van der Waals surface area contributed by atoms with E-state index in [0.717, 1.165) is 11.3 Å². The molecule has 1 rings (SSSR count). The van der Waals surface area contributed by atoms with E-state index in [4.69, 9.17) is 10.5 Å². The maximum absolute atomic E-state index is 11.5. The quantitative estimate of drug-likeness (QED) is 0.804. The molecule has 1 aromatic rings. The monoisotopic (exact) mass is 278 g/mol. The number of amides is 1. The normalized spacial score (nSPS) is 13.8. The molecule has 1 aromatic carbocycles. The average Bonchev–Trinajstić information content (AvgIpc) is 2.35. The first-order valence-corrected chi connectivity index (χ1v) is 7.05. The van der Waals surface area contributed by atoms with Crippen molar-refractivity contribution in [3.8, 4) is 5.75 Å². The smallest absolute Gasteiger partial charge is 0.237 e. The third-order valence-electron chi connectivity index (χ3n) is 3.73. The van der Waals surface area contributed by atoms with Crippen LogP contribution in [0.4, 0.5) is 0 Å². The van der Waals surface area contributed by atoms with Crippen molar-refractivity contribution in [2.24, 2.45) is 5.73 Å². The lowest BCUT2D eigenvalue weighted by atomic mass is 9.97. The molecule has 112 valence electrons. The second-order valence-electron chi connectivity index (χ2n) is 5.53. The van der Waals surface area contributed by atoms with Gasteiger partial charge in [-0.05, 0) is 57.0 Å². The van der Waals surface area contributed by atoms with Crippen LogP contribution >= 0.6 is 0 Å². The predicted octanol–water partition coefficient (Wildman–Crippen LogP) is 2.23. The van der Waals surface area contributed by atoms with Gasteiger partial charge in [0.1, 0.15) is 5.75 Å². The first-order chi connectivity index (χ1) is 9.30. The van der Waals surface area contributed by atoms with Crippen LogP contribution in [-0.2, 0) is 4.79 Å². The van der Waals surface area contributed by atoms with Gasteiger partial charge in [0.15, 0.2) is 0 Å². The summed E-state index contributed by atoms with van der Waals surface area (Å²) in [6.07, 6.45) is 0.544. The van der Waals surface area contributed by atoms with Crippen LogP contribution in [-0.4, -0.2) is 24.6 Å². The summed E-state index contributed by atoms with van der Waals surface area (Å²) in [6.45, 7) is 11.1. The molecule has 0 aliphatic rings. The Kier molecular flexibility index (Phi) is 5.57. The number of nitrogens with one attached hydrogen (secondary N) is 1. The fourth-order valence-corrected chi connectivity index (χ4v) is 2.20. The van der Waals surface area contributed by atoms with Gasteiger partial charge in [-0.3, -0.25) is 4.79 Å². The molecule has 0 aliphatic heterocycles. The van der Waals surface area contributed by atoms with E-state index in [1.54, 1.807) is 0 Å². The van der Waals surface area contributed by atoms with E-state index in [-0.39, 0.29) is 5.91 Å². The van der Waals surface area contributed by atoms with Crippen molar-refractivity contribution in [3.05, 3.63) is 28.8 Å². The van der Waals surface area contributed by atoms with Gasteiger partial charge in [0.25, 0.3) is 0 Å². The summed E-state index contributed by atoms with van der Waals surface area (Å²) in [5.74, 6) is 0.533. The molecule has 4 nitrogen and oxygen atoms in total. The highest BCUT2D eigenvalue weighted by atomic mass is 16.5. The maximum atomic E-state index is 11.5. The second kappa shape index (κ2) is 6.75. The molecule has 1 unspecified atom stereocenters. The SMILES string of the molecule is CCNC(C)(CCOc1cc(C)cc(C)c1C)C(N)=O. The largest absolute Gasteiger partial charge is 0.493 e. The molecule has 0 aromatic heterocycles. The molecule has 0 bridgehead atoms. The number of nitrogens with two attached hydrogens (primary N) is 1. The Morgan fingerprint density at radius 1 is 1.35 bits per heavy atom. The van der Waals surface area contributed by atoms with Crippen LogP contribution in [0.2, 0.25) is 0 Å². The van der Waals surface area contributed by atoms with E-state index in [1.165, 1.54) is 11.1 Å². The second-order valence-corrected chi connectivity index (χ2v) is 5.53. The van der Waals surface area contributed by atoms with Gasteiger partial charge in [0, 0.05) is 6.42 Å². The molecule has 1 atom stereocenters. The average molecular weight is 278 g/mol. The van der Waals surface area contributed by atoms with Gasteiger partial charge in [-0.25, -0.2) is 0 Å². The lowest BCUT2D eigenvalue weighted by molar-refractivity contribution is -0.124. The van der Waals surface area contributed by atoms with Crippen LogP contribution < -0.4 is 15.8 Å². The fourth-order valence-electron chi connectivity index (χ4n) is 2.20. The van der Waals surface area contributed by atoms with E-state index in [2.05, 4.69) is 18.3 Å². The number of carbonyl (C=O) groups excluding carboxylic acids is 1. The number of ether oxygens (including phenoxy) is 1. The molecule has 20 heavy (non-hydrogen) atoms. The molecule has 0 saturated carbocycles. The lowest BCUT2D eigenvalue weighted by Gasteiger charge is -2.27. The molecule has 1 amide bonds. The molecule has 0 saturated heterocycles. The van der Waals surface area contributed by atoms with Crippen LogP contribution in [0.15, 0.2) is 12.1 Å². The lowest BCUT2D eigenvalue weighted by Crippen LogP contribution is -2.53. The highest BCUT2D eigenvalue weighted by Crippen LogP contribution is 2.24. The molecular formula is C16H26N2O2. The first-order valence-electron chi connectivity index (χ1n) is 7.05. The van der Waals surface area contributed by atoms with Gasteiger partial charge < -0.3 is 15.8 Å². The molecule has 0 radical (unpaired) electrons. The topological polar surface area (TPSA) is 64.3 Å². The Morgan fingerprint density at radius 2 is 2.00 bits per heavy atom. The number of carbonyl (C=O) groups is 1. The molecule has 0 fully saturated rings. The molecule has 0 heterocycles. The van der Waals surface area contributed by atoms with Crippen molar-refractivity contribution in [1.82, 2.24) is 5.32 Å². The van der Waals surface area contributed by atoms with Crippen molar-refractivity contribution in [2.75, 3.05) is 13.2 Å². The van der Waals surface area contributed by atoms with Crippen LogP contribution in [0.5, 0.6) is 5.75 Å².